The zero-order valence-electron chi connectivity index (χ0n) is 8.82. The number of aliphatic carboxylic acids is 1. The Morgan fingerprint density at radius 3 is 2.88 bits per heavy atom. The summed E-state index contributed by atoms with van der Waals surface area (Å²) in [6.45, 7) is 3.96. The first-order chi connectivity index (χ1) is 8.04. The highest BCUT2D eigenvalue weighted by Crippen LogP contribution is 2.30. The third kappa shape index (κ3) is 4.51. The van der Waals surface area contributed by atoms with Gasteiger partial charge in [0.2, 0.25) is 0 Å². The zero-order chi connectivity index (χ0) is 12.8. The zero-order valence-corrected chi connectivity index (χ0v) is 12.6. The summed E-state index contributed by atoms with van der Waals surface area (Å²) >= 11 is 5.50. The van der Waals surface area contributed by atoms with Crippen LogP contribution in [0.3, 0.4) is 0 Å². The summed E-state index contributed by atoms with van der Waals surface area (Å²) in [6, 6.07) is 3.71. The predicted octanol–water partition coefficient (Wildman–Crippen LogP) is 3.72. The molecule has 0 saturated carbocycles. The van der Waals surface area contributed by atoms with Gasteiger partial charge in [-0.05, 0) is 40.8 Å². The Morgan fingerprint density at radius 2 is 2.29 bits per heavy atom. The molecule has 1 rings (SSSR count). The molecule has 0 aliphatic carbocycles. The van der Waals surface area contributed by atoms with Crippen LogP contribution >= 0.6 is 38.5 Å². The van der Waals surface area contributed by atoms with Crippen LogP contribution in [0.1, 0.15) is 5.56 Å². The van der Waals surface area contributed by atoms with Crippen LogP contribution in [0, 0.1) is 3.57 Å². The van der Waals surface area contributed by atoms with E-state index >= 15 is 0 Å². The molecule has 0 saturated heterocycles. The highest BCUT2D eigenvalue weighted by Gasteiger charge is 2.08. The van der Waals surface area contributed by atoms with E-state index in [-0.39, 0.29) is 0 Å². The third-order valence-electron chi connectivity index (χ3n) is 1.79. The normalized spacial score (nSPS) is 10.5. The molecule has 1 N–H and O–H groups in total. The summed E-state index contributed by atoms with van der Waals surface area (Å²) in [5.74, 6) is -0.333. The molecule has 0 aromatic heterocycles. The molecule has 5 heteroatoms. The highest BCUT2D eigenvalue weighted by molar-refractivity contribution is 14.1. The number of carboxylic acids is 1. The minimum absolute atomic E-state index is 0.381. The van der Waals surface area contributed by atoms with Gasteiger partial charge in [0.05, 0.1) is 3.57 Å². The summed E-state index contributed by atoms with van der Waals surface area (Å²) in [4.78, 5) is 10.5. The molecule has 0 unspecified atom stereocenters. The van der Waals surface area contributed by atoms with E-state index < -0.39 is 5.97 Å². The minimum Gasteiger partial charge on any atom is -0.488 e. The Kier molecular flexibility index (Phi) is 5.70. The summed E-state index contributed by atoms with van der Waals surface area (Å²) in [6.07, 6.45) is 4.23. The molecule has 0 aliphatic heterocycles. The van der Waals surface area contributed by atoms with Gasteiger partial charge in [-0.25, -0.2) is 4.79 Å². The average molecular weight is 409 g/mol. The largest absolute Gasteiger partial charge is 0.488 e. The quantitative estimate of drug-likeness (QED) is 0.459. The van der Waals surface area contributed by atoms with Crippen molar-refractivity contribution >= 4 is 50.6 Å². The molecule has 1 aromatic rings. The lowest BCUT2D eigenvalue weighted by Crippen LogP contribution is -1.98. The standard InChI is InChI=1S/C12H10BrIO3/c1-2-5-17-12-8(3-4-11(15)16)6-9(13)7-10(12)14/h2-4,6-7H,1,5H2,(H,15,16). The second-order valence-corrected chi connectivity index (χ2v) is 5.16. The first-order valence-corrected chi connectivity index (χ1v) is 6.55. The summed E-state index contributed by atoms with van der Waals surface area (Å²) in [5.41, 5.74) is 0.716. The van der Waals surface area contributed by atoms with Crippen LogP contribution in [0.25, 0.3) is 6.08 Å². The van der Waals surface area contributed by atoms with E-state index in [1.807, 2.05) is 6.07 Å². The Hall–Kier alpha value is -0.820. The molecule has 0 aliphatic rings. The number of hydrogen-bond acceptors (Lipinski definition) is 2. The Balaban J connectivity index is 3.14. The number of carboxylic acid groups (broad SMARTS) is 1. The van der Waals surface area contributed by atoms with Crippen molar-refractivity contribution in [2.75, 3.05) is 6.61 Å². The molecule has 0 fully saturated rings. The molecular formula is C12H10BrIO3. The Bertz CT molecular complexity index is 469. The van der Waals surface area contributed by atoms with Gasteiger partial charge in [-0.15, -0.1) is 0 Å². The summed E-state index contributed by atoms with van der Waals surface area (Å²) in [7, 11) is 0. The van der Waals surface area contributed by atoms with Crippen molar-refractivity contribution in [2.45, 2.75) is 0 Å². The van der Waals surface area contributed by atoms with Crippen molar-refractivity contribution in [3.05, 3.63) is 44.5 Å². The van der Waals surface area contributed by atoms with Gasteiger partial charge in [0.1, 0.15) is 12.4 Å². The van der Waals surface area contributed by atoms with Crippen LogP contribution in [0.2, 0.25) is 0 Å². The van der Waals surface area contributed by atoms with Crippen LogP contribution in [0.15, 0.2) is 35.3 Å². The van der Waals surface area contributed by atoms with Crippen molar-refractivity contribution in [3.8, 4) is 5.75 Å². The van der Waals surface area contributed by atoms with Gasteiger partial charge >= 0.3 is 5.97 Å². The Labute approximate surface area is 121 Å². The van der Waals surface area contributed by atoms with Crippen molar-refractivity contribution in [2.24, 2.45) is 0 Å². The fraction of sp³-hybridized carbons (Fsp3) is 0.0833. The molecule has 0 heterocycles. The first kappa shape index (κ1) is 14.2. The van der Waals surface area contributed by atoms with E-state index in [1.165, 1.54) is 6.08 Å². The highest BCUT2D eigenvalue weighted by atomic mass is 127. The monoisotopic (exact) mass is 408 g/mol. The van der Waals surface area contributed by atoms with Gasteiger partial charge in [0.15, 0.2) is 0 Å². The van der Waals surface area contributed by atoms with Crippen LogP contribution in [0.5, 0.6) is 5.75 Å². The topological polar surface area (TPSA) is 46.5 Å². The van der Waals surface area contributed by atoms with Gasteiger partial charge < -0.3 is 9.84 Å². The van der Waals surface area contributed by atoms with Crippen LogP contribution in [0.4, 0.5) is 0 Å². The SMILES string of the molecule is C=CCOc1c(I)cc(Br)cc1C=CC(=O)O. The van der Waals surface area contributed by atoms with Gasteiger partial charge in [0.25, 0.3) is 0 Å². The first-order valence-electron chi connectivity index (χ1n) is 4.68. The van der Waals surface area contributed by atoms with Crippen molar-refractivity contribution in [1.29, 1.82) is 0 Å². The van der Waals surface area contributed by atoms with Gasteiger partial charge in [0, 0.05) is 16.1 Å². The van der Waals surface area contributed by atoms with Gasteiger partial charge in [-0.1, -0.05) is 28.6 Å². The second kappa shape index (κ2) is 6.80. The molecular weight excluding hydrogens is 399 g/mol. The number of halogens is 2. The molecule has 90 valence electrons. The van der Waals surface area contributed by atoms with E-state index in [2.05, 4.69) is 45.1 Å². The molecule has 17 heavy (non-hydrogen) atoms. The summed E-state index contributed by atoms with van der Waals surface area (Å²) < 4.78 is 7.29. The predicted molar refractivity (Wildman–Crippen MR) is 79.2 cm³/mol. The molecule has 0 spiro atoms. The number of benzene rings is 1. The molecule has 0 amide bonds. The van der Waals surface area contributed by atoms with E-state index in [4.69, 9.17) is 9.84 Å². The number of ether oxygens (including phenoxy) is 1. The van der Waals surface area contributed by atoms with E-state index in [1.54, 1.807) is 12.1 Å². The lowest BCUT2D eigenvalue weighted by atomic mass is 10.2. The maximum absolute atomic E-state index is 10.5. The van der Waals surface area contributed by atoms with E-state index in [0.717, 1.165) is 14.1 Å². The van der Waals surface area contributed by atoms with Crippen molar-refractivity contribution in [3.63, 3.8) is 0 Å². The lowest BCUT2D eigenvalue weighted by Gasteiger charge is -2.10. The second-order valence-electron chi connectivity index (χ2n) is 3.08. The van der Waals surface area contributed by atoms with Gasteiger partial charge in [-0.3, -0.25) is 0 Å². The maximum atomic E-state index is 10.5. The number of hydrogen-bond donors (Lipinski definition) is 1. The van der Waals surface area contributed by atoms with Crippen LogP contribution in [-0.2, 0) is 4.79 Å². The smallest absolute Gasteiger partial charge is 0.328 e. The fourth-order valence-corrected chi connectivity index (χ4v) is 2.87. The molecule has 0 atom stereocenters. The Morgan fingerprint density at radius 1 is 1.59 bits per heavy atom. The molecule has 1 aromatic carbocycles. The third-order valence-corrected chi connectivity index (χ3v) is 3.05. The van der Waals surface area contributed by atoms with Crippen molar-refractivity contribution in [1.82, 2.24) is 0 Å². The maximum Gasteiger partial charge on any atom is 0.328 e. The number of carbonyl (C=O) groups is 1. The molecule has 0 bridgehead atoms. The molecule has 3 nitrogen and oxygen atoms in total. The van der Waals surface area contributed by atoms with Gasteiger partial charge in [-0.2, -0.15) is 0 Å². The minimum atomic E-state index is -0.991. The average Bonchev–Trinajstić information content (AvgIpc) is 2.24. The number of rotatable bonds is 5. The van der Waals surface area contributed by atoms with Crippen LogP contribution < -0.4 is 4.74 Å². The van der Waals surface area contributed by atoms with E-state index in [9.17, 15) is 4.79 Å². The lowest BCUT2D eigenvalue weighted by molar-refractivity contribution is -0.131. The van der Waals surface area contributed by atoms with Crippen molar-refractivity contribution < 1.29 is 14.6 Å². The fourth-order valence-electron chi connectivity index (χ4n) is 1.16. The van der Waals surface area contributed by atoms with Crippen LogP contribution in [-0.4, -0.2) is 17.7 Å². The molecule has 0 radical (unpaired) electrons. The summed E-state index contributed by atoms with van der Waals surface area (Å²) in [5, 5.41) is 8.62. The van der Waals surface area contributed by atoms with E-state index in [0.29, 0.717) is 17.9 Å².